The molecule has 2 aliphatic rings. The van der Waals surface area contributed by atoms with Crippen molar-refractivity contribution in [1.29, 1.82) is 0 Å². The van der Waals surface area contributed by atoms with Gasteiger partial charge >= 0.3 is 6.03 Å². The minimum atomic E-state index is -0.00907. The van der Waals surface area contributed by atoms with Gasteiger partial charge in [0.15, 0.2) is 0 Å². The Balaban J connectivity index is 1.43. The van der Waals surface area contributed by atoms with Gasteiger partial charge in [0.25, 0.3) is 0 Å². The molecular formula is C19H24N4O2. The number of likely N-dealkylation sites (tertiary alicyclic amines) is 1. The van der Waals surface area contributed by atoms with E-state index in [-0.39, 0.29) is 18.2 Å². The molecule has 1 aromatic heterocycles. The lowest BCUT2D eigenvalue weighted by molar-refractivity contribution is -0.00485. The summed E-state index contributed by atoms with van der Waals surface area (Å²) in [4.78, 5) is 14.5. The van der Waals surface area contributed by atoms with Gasteiger partial charge in [0, 0.05) is 38.3 Å². The van der Waals surface area contributed by atoms with Crippen LogP contribution in [0.1, 0.15) is 18.9 Å². The predicted molar refractivity (Wildman–Crippen MR) is 95.3 cm³/mol. The Morgan fingerprint density at radius 2 is 1.92 bits per heavy atom. The minimum Gasteiger partial charge on any atom is -0.379 e. The lowest BCUT2D eigenvalue weighted by Crippen LogP contribution is -2.37. The van der Waals surface area contributed by atoms with Crippen LogP contribution >= 0.6 is 0 Å². The number of carbonyl (C=O) groups excluding carboxylic acids is 1. The summed E-state index contributed by atoms with van der Waals surface area (Å²) < 4.78 is 7.76. The Labute approximate surface area is 147 Å². The van der Waals surface area contributed by atoms with Gasteiger partial charge in [-0.05, 0) is 42.9 Å². The van der Waals surface area contributed by atoms with Gasteiger partial charge in [-0.3, -0.25) is 4.68 Å². The highest BCUT2D eigenvalue weighted by Gasteiger charge is 2.44. The number of amides is 2. The second-order valence-electron chi connectivity index (χ2n) is 7.02. The number of fused-ring (bicyclic) bond motifs is 1. The van der Waals surface area contributed by atoms with Crippen LogP contribution in [0.25, 0.3) is 0 Å². The first kappa shape index (κ1) is 16.1. The number of hydrogen-bond acceptors (Lipinski definition) is 3. The molecule has 1 aromatic carbocycles. The topological polar surface area (TPSA) is 59.4 Å². The lowest BCUT2D eigenvalue weighted by atomic mass is 9.77. The molecule has 0 radical (unpaired) electrons. The van der Waals surface area contributed by atoms with Crippen LogP contribution in [0.2, 0.25) is 0 Å². The number of carbonyl (C=O) groups is 1. The molecule has 1 saturated heterocycles. The predicted octanol–water partition coefficient (Wildman–Crippen LogP) is 3.01. The third kappa shape index (κ3) is 3.26. The number of methoxy groups -OCH3 is 1. The van der Waals surface area contributed by atoms with Gasteiger partial charge in [-0.15, -0.1) is 0 Å². The number of ether oxygens (including phenoxy) is 1. The molecule has 1 saturated carbocycles. The molecule has 0 unspecified atom stereocenters. The molecule has 2 amide bonds. The lowest BCUT2D eigenvalue weighted by Gasteiger charge is -2.37. The van der Waals surface area contributed by atoms with Crippen LogP contribution < -0.4 is 5.32 Å². The maximum absolute atomic E-state index is 12.6. The average Bonchev–Trinajstić information content (AvgIpc) is 3.30. The Morgan fingerprint density at radius 1 is 1.16 bits per heavy atom. The van der Waals surface area contributed by atoms with E-state index in [0.29, 0.717) is 11.8 Å². The number of rotatable bonds is 3. The van der Waals surface area contributed by atoms with Crippen molar-refractivity contribution in [1.82, 2.24) is 14.7 Å². The molecule has 2 heterocycles. The highest BCUT2D eigenvalue weighted by molar-refractivity contribution is 5.89. The van der Waals surface area contributed by atoms with E-state index in [9.17, 15) is 4.79 Å². The summed E-state index contributed by atoms with van der Waals surface area (Å²) in [6, 6.07) is 11.8. The Morgan fingerprint density at radius 3 is 2.60 bits per heavy atom. The molecular weight excluding hydrogens is 316 g/mol. The second-order valence-corrected chi connectivity index (χ2v) is 7.02. The number of urea groups is 1. The van der Waals surface area contributed by atoms with E-state index in [1.807, 2.05) is 58.4 Å². The smallest absolute Gasteiger partial charge is 0.321 e. The fraction of sp³-hybridized carbons (Fsp3) is 0.474. The normalized spacial score (nSPS) is 28.6. The molecule has 6 heteroatoms. The van der Waals surface area contributed by atoms with Crippen molar-refractivity contribution in [3.05, 3.63) is 48.8 Å². The van der Waals surface area contributed by atoms with Crippen LogP contribution in [0.5, 0.6) is 0 Å². The third-order valence-corrected chi connectivity index (χ3v) is 5.56. The molecule has 4 atom stereocenters. The van der Waals surface area contributed by atoms with Crippen molar-refractivity contribution in [2.75, 3.05) is 25.5 Å². The van der Waals surface area contributed by atoms with Crippen molar-refractivity contribution in [2.24, 2.45) is 11.8 Å². The van der Waals surface area contributed by atoms with E-state index in [4.69, 9.17) is 4.74 Å². The van der Waals surface area contributed by atoms with E-state index >= 15 is 0 Å². The van der Waals surface area contributed by atoms with Gasteiger partial charge < -0.3 is 15.0 Å². The van der Waals surface area contributed by atoms with Crippen molar-refractivity contribution < 1.29 is 9.53 Å². The quantitative estimate of drug-likeness (QED) is 0.934. The number of nitrogens with one attached hydrogen (secondary N) is 1. The monoisotopic (exact) mass is 340 g/mol. The van der Waals surface area contributed by atoms with Gasteiger partial charge in [-0.25, -0.2) is 4.79 Å². The van der Waals surface area contributed by atoms with Crippen LogP contribution in [-0.4, -0.2) is 47.0 Å². The van der Waals surface area contributed by atoms with E-state index in [2.05, 4.69) is 10.4 Å². The first-order valence-corrected chi connectivity index (χ1v) is 8.87. The number of benzene rings is 1. The first-order chi connectivity index (χ1) is 12.2. The summed E-state index contributed by atoms with van der Waals surface area (Å²) in [5.74, 6) is 1.00. The molecule has 0 bridgehead atoms. The third-order valence-electron chi connectivity index (χ3n) is 5.56. The molecule has 132 valence electrons. The van der Waals surface area contributed by atoms with Gasteiger partial charge in [0.2, 0.25) is 0 Å². The summed E-state index contributed by atoms with van der Waals surface area (Å²) >= 11 is 0. The van der Waals surface area contributed by atoms with Crippen LogP contribution in [0.4, 0.5) is 10.5 Å². The van der Waals surface area contributed by atoms with Crippen LogP contribution in [0.3, 0.4) is 0 Å². The number of para-hydroxylation sites is 1. The summed E-state index contributed by atoms with van der Waals surface area (Å²) in [6.45, 7) is 1.60. The Bertz CT molecular complexity index is 703. The fourth-order valence-electron chi connectivity index (χ4n) is 4.29. The van der Waals surface area contributed by atoms with E-state index in [1.165, 1.54) is 0 Å². The van der Waals surface area contributed by atoms with Crippen LogP contribution in [0.15, 0.2) is 48.8 Å². The SMILES string of the molecule is CO[C@H]1C[C@@H]2CN(C(=O)Nc3ccccc3)C[C@@H]2C[C@@H]1n1cccn1. The Kier molecular flexibility index (Phi) is 4.44. The number of nitrogens with zero attached hydrogens (tertiary/aromatic N) is 3. The molecule has 6 nitrogen and oxygen atoms in total. The number of aromatic nitrogens is 2. The average molecular weight is 340 g/mol. The van der Waals surface area contributed by atoms with Crippen molar-refractivity contribution in [3.63, 3.8) is 0 Å². The molecule has 0 spiro atoms. The zero-order chi connectivity index (χ0) is 17.2. The van der Waals surface area contributed by atoms with Gasteiger partial charge in [-0.2, -0.15) is 5.10 Å². The molecule has 25 heavy (non-hydrogen) atoms. The van der Waals surface area contributed by atoms with Gasteiger partial charge in [-0.1, -0.05) is 18.2 Å². The van der Waals surface area contributed by atoms with Crippen LogP contribution in [0, 0.1) is 11.8 Å². The molecule has 4 rings (SSSR count). The Hall–Kier alpha value is -2.34. The standard InChI is InChI=1S/C19H24N4O2/c1-25-18-11-15-13-22(19(24)21-16-6-3-2-4-7-16)12-14(15)10-17(18)23-9-5-8-20-23/h2-9,14-15,17-18H,10-13H2,1H3,(H,21,24)/t14-,15+,17-,18-/m0/s1. The van der Waals surface area contributed by atoms with Crippen molar-refractivity contribution in [2.45, 2.75) is 25.0 Å². The molecule has 2 fully saturated rings. The van der Waals surface area contributed by atoms with Crippen molar-refractivity contribution >= 4 is 11.7 Å². The van der Waals surface area contributed by atoms with Gasteiger partial charge in [0.1, 0.15) is 0 Å². The molecule has 2 aromatic rings. The fourth-order valence-corrected chi connectivity index (χ4v) is 4.29. The number of hydrogen-bond donors (Lipinski definition) is 1. The summed E-state index contributed by atoms with van der Waals surface area (Å²) in [6.07, 6.45) is 5.94. The maximum Gasteiger partial charge on any atom is 0.321 e. The molecule has 1 N–H and O–H groups in total. The van der Waals surface area contributed by atoms with E-state index in [0.717, 1.165) is 31.6 Å². The van der Waals surface area contributed by atoms with Crippen molar-refractivity contribution in [3.8, 4) is 0 Å². The summed E-state index contributed by atoms with van der Waals surface area (Å²) in [7, 11) is 1.77. The zero-order valence-electron chi connectivity index (χ0n) is 14.4. The molecule has 1 aliphatic carbocycles. The van der Waals surface area contributed by atoms with E-state index in [1.54, 1.807) is 7.11 Å². The summed E-state index contributed by atoms with van der Waals surface area (Å²) in [5.41, 5.74) is 0.839. The highest BCUT2D eigenvalue weighted by Crippen LogP contribution is 2.42. The van der Waals surface area contributed by atoms with Crippen LogP contribution in [-0.2, 0) is 4.74 Å². The zero-order valence-corrected chi connectivity index (χ0v) is 14.4. The largest absolute Gasteiger partial charge is 0.379 e. The van der Waals surface area contributed by atoms with Gasteiger partial charge in [0.05, 0.1) is 12.1 Å². The van der Waals surface area contributed by atoms with E-state index < -0.39 is 0 Å². The first-order valence-electron chi connectivity index (χ1n) is 8.87. The maximum atomic E-state index is 12.6. The second kappa shape index (κ2) is 6.88. The number of anilines is 1. The summed E-state index contributed by atoms with van der Waals surface area (Å²) in [5, 5.41) is 7.40. The minimum absolute atomic E-state index is 0.00907. The molecule has 1 aliphatic heterocycles. The highest BCUT2D eigenvalue weighted by atomic mass is 16.5.